The number of para-hydroxylation sites is 1. The molecule has 2 fully saturated rings. The maximum absolute atomic E-state index is 4.54. The van der Waals surface area contributed by atoms with E-state index < -0.39 is 0 Å². The van der Waals surface area contributed by atoms with E-state index in [1.165, 1.54) is 56.5 Å². The monoisotopic (exact) mass is 493 g/mol. The molecule has 0 bridgehead atoms. The minimum atomic E-state index is 0.800. The minimum absolute atomic E-state index is 0.800. The molecule has 7 nitrogen and oxygen atoms in total. The molecule has 2 aliphatic rings. The first-order chi connectivity index (χ1) is 17.3. The van der Waals surface area contributed by atoms with Gasteiger partial charge in [-0.1, -0.05) is 48.8 Å². The van der Waals surface area contributed by atoms with Gasteiger partial charge in [0.2, 0.25) is 10.3 Å². The summed E-state index contributed by atoms with van der Waals surface area (Å²) in [6.07, 6.45) is 10.3. The Bertz CT molecular complexity index is 1020. The molecule has 1 N–H and O–H groups in total. The van der Waals surface area contributed by atoms with Crippen LogP contribution in [-0.2, 0) is 6.54 Å². The van der Waals surface area contributed by atoms with Gasteiger partial charge in [0.05, 0.1) is 0 Å². The van der Waals surface area contributed by atoms with Crippen molar-refractivity contribution in [2.75, 3.05) is 56.1 Å². The lowest BCUT2D eigenvalue weighted by Gasteiger charge is -2.35. The van der Waals surface area contributed by atoms with Crippen molar-refractivity contribution >= 4 is 22.2 Å². The second-order valence-corrected chi connectivity index (χ2v) is 10.8. The lowest BCUT2D eigenvalue weighted by atomic mass is 9.94. The summed E-state index contributed by atoms with van der Waals surface area (Å²) < 4.78 is 2.18. The molecule has 1 aromatic carbocycles. The highest BCUT2D eigenvalue weighted by Crippen LogP contribution is 2.26. The molecule has 1 aliphatic carbocycles. The molecule has 0 amide bonds. The van der Waals surface area contributed by atoms with Crippen molar-refractivity contribution in [3.8, 4) is 5.13 Å². The Hall–Kier alpha value is -2.42. The molecule has 1 aliphatic heterocycles. The summed E-state index contributed by atoms with van der Waals surface area (Å²) in [4.78, 5) is 7.39. The van der Waals surface area contributed by atoms with Gasteiger partial charge in [0.15, 0.2) is 0 Å². The molecule has 0 radical (unpaired) electrons. The van der Waals surface area contributed by atoms with Crippen LogP contribution in [0.15, 0.2) is 48.7 Å². The summed E-state index contributed by atoms with van der Waals surface area (Å²) in [6.45, 7) is 7.02. The molecule has 188 valence electrons. The highest BCUT2D eigenvalue weighted by molar-refractivity contribution is 7.17. The average molecular weight is 494 g/mol. The SMILES string of the molecule is CN(CCCNCc1cccn1-c1nnc(N2CCN(c3ccccc3)CC2)s1)C1CCCCC1. The zero-order chi connectivity index (χ0) is 23.9. The lowest BCUT2D eigenvalue weighted by Crippen LogP contribution is -2.46. The van der Waals surface area contributed by atoms with Crippen LogP contribution in [0.2, 0.25) is 0 Å². The molecular formula is C27H39N7S. The quantitative estimate of drug-likeness (QED) is 0.423. The summed E-state index contributed by atoms with van der Waals surface area (Å²) in [5, 5.41) is 14.7. The van der Waals surface area contributed by atoms with Gasteiger partial charge in [-0.05, 0) is 63.7 Å². The molecule has 2 aromatic heterocycles. The Kier molecular flexibility index (Phi) is 8.33. The fraction of sp³-hybridized carbons (Fsp3) is 0.556. The lowest BCUT2D eigenvalue weighted by molar-refractivity contribution is 0.189. The highest BCUT2D eigenvalue weighted by Gasteiger charge is 2.21. The first kappa shape index (κ1) is 24.3. The zero-order valence-corrected chi connectivity index (χ0v) is 21.8. The largest absolute Gasteiger partial charge is 0.368 e. The number of aromatic nitrogens is 3. The van der Waals surface area contributed by atoms with Crippen LogP contribution in [0.4, 0.5) is 10.8 Å². The Balaban J connectivity index is 1.08. The van der Waals surface area contributed by atoms with E-state index in [0.717, 1.165) is 55.6 Å². The third-order valence-corrected chi connectivity index (χ3v) is 8.47. The zero-order valence-electron chi connectivity index (χ0n) is 21.0. The molecule has 0 unspecified atom stereocenters. The van der Waals surface area contributed by atoms with Crippen molar-refractivity contribution in [2.24, 2.45) is 0 Å². The molecule has 0 atom stereocenters. The molecule has 1 saturated heterocycles. The first-order valence-corrected chi connectivity index (χ1v) is 14.1. The van der Waals surface area contributed by atoms with Crippen LogP contribution >= 0.6 is 11.3 Å². The summed E-state index contributed by atoms with van der Waals surface area (Å²) in [5.41, 5.74) is 2.54. The molecule has 8 heteroatoms. The fourth-order valence-electron chi connectivity index (χ4n) is 5.35. The number of rotatable bonds is 10. The predicted octanol–water partition coefficient (Wildman–Crippen LogP) is 4.40. The standard InChI is InChI=1S/C27H39N7S/c1-31(23-10-4-2-5-11-23)16-9-15-28-22-25-14-8-17-34(25)27-30-29-26(35-27)33-20-18-32(19-21-33)24-12-6-3-7-13-24/h3,6-8,12-14,17,23,28H,2,4-5,9-11,15-16,18-22H2,1H3. The molecule has 3 aromatic rings. The van der Waals surface area contributed by atoms with Gasteiger partial charge in [-0.15, -0.1) is 10.2 Å². The summed E-state index contributed by atoms with van der Waals surface area (Å²) in [7, 11) is 2.30. The molecule has 35 heavy (non-hydrogen) atoms. The van der Waals surface area contributed by atoms with Gasteiger partial charge in [0.1, 0.15) is 0 Å². The van der Waals surface area contributed by atoms with E-state index in [-0.39, 0.29) is 0 Å². The van der Waals surface area contributed by atoms with Crippen molar-refractivity contribution in [1.82, 2.24) is 25.0 Å². The topological polar surface area (TPSA) is 52.5 Å². The Morgan fingerprint density at radius 1 is 0.914 bits per heavy atom. The van der Waals surface area contributed by atoms with Crippen LogP contribution in [0.3, 0.4) is 0 Å². The van der Waals surface area contributed by atoms with Crippen molar-refractivity contribution in [3.63, 3.8) is 0 Å². The van der Waals surface area contributed by atoms with E-state index in [0.29, 0.717) is 0 Å². The fourth-order valence-corrected chi connectivity index (χ4v) is 6.26. The van der Waals surface area contributed by atoms with Gasteiger partial charge in [-0.2, -0.15) is 0 Å². The molecule has 1 saturated carbocycles. The van der Waals surface area contributed by atoms with E-state index in [2.05, 4.69) is 90.5 Å². The van der Waals surface area contributed by atoms with Crippen molar-refractivity contribution < 1.29 is 0 Å². The van der Waals surface area contributed by atoms with E-state index in [9.17, 15) is 0 Å². The van der Waals surface area contributed by atoms with Crippen LogP contribution in [-0.4, -0.2) is 72.0 Å². The van der Waals surface area contributed by atoms with Gasteiger partial charge in [0.25, 0.3) is 0 Å². The van der Waals surface area contributed by atoms with Gasteiger partial charge in [-0.25, -0.2) is 0 Å². The maximum atomic E-state index is 4.54. The third kappa shape index (κ3) is 6.23. The van der Waals surface area contributed by atoms with Gasteiger partial charge in [0, 0.05) is 56.3 Å². The first-order valence-electron chi connectivity index (χ1n) is 13.2. The molecule has 0 spiro atoms. The van der Waals surface area contributed by atoms with Crippen molar-refractivity contribution in [1.29, 1.82) is 0 Å². The van der Waals surface area contributed by atoms with E-state index in [1.807, 2.05) is 0 Å². The smallest absolute Gasteiger partial charge is 0.218 e. The number of nitrogens with zero attached hydrogens (tertiary/aromatic N) is 6. The Labute approximate surface area is 213 Å². The van der Waals surface area contributed by atoms with Gasteiger partial charge in [-0.3, -0.25) is 4.57 Å². The normalized spacial score (nSPS) is 17.4. The van der Waals surface area contributed by atoms with Crippen LogP contribution in [0.25, 0.3) is 5.13 Å². The predicted molar refractivity (Wildman–Crippen MR) is 146 cm³/mol. The van der Waals surface area contributed by atoms with Gasteiger partial charge >= 0.3 is 0 Å². The number of hydrogen-bond donors (Lipinski definition) is 1. The molecule has 5 rings (SSSR count). The van der Waals surface area contributed by atoms with Crippen molar-refractivity contribution in [3.05, 3.63) is 54.4 Å². The summed E-state index contributed by atoms with van der Waals surface area (Å²) >= 11 is 1.69. The van der Waals surface area contributed by atoms with E-state index in [4.69, 9.17) is 0 Å². The second kappa shape index (κ2) is 12.0. The number of benzene rings is 1. The number of nitrogens with one attached hydrogen (secondary N) is 1. The average Bonchev–Trinajstić information content (AvgIpc) is 3.59. The Morgan fingerprint density at radius 2 is 1.66 bits per heavy atom. The van der Waals surface area contributed by atoms with Crippen molar-refractivity contribution in [2.45, 2.75) is 51.1 Å². The number of piperazine rings is 1. The molecule has 3 heterocycles. The number of anilines is 2. The van der Waals surface area contributed by atoms with Gasteiger partial charge < -0.3 is 20.0 Å². The number of hydrogen-bond acceptors (Lipinski definition) is 7. The third-order valence-electron chi connectivity index (χ3n) is 7.48. The summed E-state index contributed by atoms with van der Waals surface area (Å²) in [6, 6.07) is 15.8. The van der Waals surface area contributed by atoms with E-state index in [1.54, 1.807) is 11.3 Å². The van der Waals surface area contributed by atoms with Crippen LogP contribution in [0, 0.1) is 0 Å². The Morgan fingerprint density at radius 3 is 2.46 bits per heavy atom. The van der Waals surface area contributed by atoms with Crippen LogP contribution < -0.4 is 15.1 Å². The summed E-state index contributed by atoms with van der Waals surface area (Å²) in [5.74, 6) is 0. The highest BCUT2D eigenvalue weighted by atomic mass is 32.1. The van der Waals surface area contributed by atoms with Crippen LogP contribution in [0.5, 0.6) is 0 Å². The molecular weight excluding hydrogens is 454 g/mol. The second-order valence-electron chi connectivity index (χ2n) is 9.85. The van der Waals surface area contributed by atoms with E-state index >= 15 is 0 Å². The maximum Gasteiger partial charge on any atom is 0.218 e. The minimum Gasteiger partial charge on any atom is -0.368 e. The van der Waals surface area contributed by atoms with Crippen LogP contribution in [0.1, 0.15) is 44.2 Å².